The number of halogens is 2. The standard InChI is InChI=1S/C16H9Cl2N3O5S2/c1-26-15(23)8-2-7(3-9(4-8)21(24)25)14(22)20-16-19-11(6-27-16)10-5-12(17)28-13(10)18/h2-6H,1H3,(H,19,20,22). The second-order valence-corrected chi connectivity index (χ2v) is 8.39. The normalized spacial score (nSPS) is 10.5. The number of rotatable bonds is 5. The van der Waals surface area contributed by atoms with Gasteiger partial charge in [-0.25, -0.2) is 9.78 Å². The molecule has 0 aliphatic carbocycles. The molecular weight excluding hydrogens is 449 g/mol. The summed E-state index contributed by atoms with van der Waals surface area (Å²) in [6, 6.07) is 4.97. The average molecular weight is 458 g/mol. The van der Waals surface area contributed by atoms with Crippen LogP contribution < -0.4 is 5.32 Å². The van der Waals surface area contributed by atoms with Gasteiger partial charge in [0.05, 0.1) is 27.6 Å². The molecule has 1 amide bonds. The van der Waals surface area contributed by atoms with Crippen molar-refractivity contribution >= 4 is 68.6 Å². The van der Waals surface area contributed by atoms with Crippen molar-refractivity contribution in [2.45, 2.75) is 0 Å². The lowest BCUT2D eigenvalue weighted by atomic mass is 10.1. The van der Waals surface area contributed by atoms with Gasteiger partial charge in [-0.05, 0) is 12.1 Å². The molecule has 1 aromatic carbocycles. The van der Waals surface area contributed by atoms with E-state index in [0.717, 1.165) is 30.6 Å². The number of thiazole rings is 1. The van der Waals surface area contributed by atoms with Gasteiger partial charge in [0.25, 0.3) is 11.6 Å². The molecule has 0 spiro atoms. The van der Waals surface area contributed by atoms with Gasteiger partial charge in [0, 0.05) is 28.6 Å². The van der Waals surface area contributed by atoms with E-state index in [1.54, 1.807) is 11.4 Å². The number of carbonyl (C=O) groups is 2. The lowest BCUT2D eigenvalue weighted by Gasteiger charge is -2.05. The van der Waals surface area contributed by atoms with E-state index in [1.165, 1.54) is 17.4 Å². The van der Waals surface area contributed by atoms with E-state index in [0.29, 0.717) is 19.9 Å². The van der Waals surface area contributed by atoms with E-state index in [4.69, 9.17) is 23.2 Å². The van der Waals surface area contributed by atoms with Crippen molar-refractivity contribution in [3.8, 4) is 11.3 Å². The molecule has 0 bridgehead atoms. The highest BCUT2D eigenvalue weighted by Gasteiger charge is 2.19. The molecule has 3 rings (SSSR count). The van der Waals surface area contributed by atoms with Crippen LogP contribution in [0.1, 0.15) is 20.7 Å². The van der Waals surface area contributed by atoms with Crippen LogP contribution in [0.25, 0.3) is 11.3 Å². The Hall–Kier alpha value is -2.53. The van der Waals surface area contributed by atoms with Crippen LogP contribution in [0.4, 0.5) is 10.8 Å². The lowest BCUT2D eigenvalue weighted by molar-refractivity contribution is -0.384. The van der Waals surface area contributed by atoms with Crippen molar-refractivity contribution in [2.75, 3.05) is 12.4 Å². The van der Waals surface area contributed by atoms with Gasteiger partial charge in [-0.15, -0.1) is 22.7 Å². The maximum atomic E-state index is 12.5. The first kappa shape index (κ1) is 20.2. The second-order valence-electron chi connectivity index (χ2n) is 5.25. The third-order valence-electron chi connectivity index (χ3n) is 3.47. The fourth-order valence-corrected chi connectivity index (χ4v) is 4.41. The Bertz CT molecular complexity index is 1100. The highest BCUT2D eigenvalue weighted by Crippen LogP contribution is 2.39. The predicted octanol–water partition coefficient (Wildman–Crippen LogP) is 5.13. The van der Waals surface area contributed by atoms with Gasteiger partial charge in [-0.3, -0.25) is 20.2 Å². The van der Waals surface area contributed by atoms with Crippen LogP contribution in [-0.4, -0.2) is 28.9 Å². The molecule has 0 radical (unpaired) electrons. The number of nitro groups is 1. The zero-order chi connectivity index (χ0) is 20.4. The summed E-state index contributed by atoms with van der Waals surface area (Å²) in [6.07, 6.45) is 0. The number of aromatic nitrogens is 1. The number of methoxy groups -OCH3 is 1. The van der Waals surface area contributed by atoms with Crippen LogP contribution in [0.2, 0.25) is 8.67 Å². The Balaban J connectivity index is 1.87. The Labute approximate surface area is 175 Å². The van der Waals surface area contributed by atoms with Crippen molar-refractivity contribution < 1.29 is 19.2 Å². The number of hydrogen-bond donors (Lipinski definition) is 1. The zero-order valence-electron chi connectivity index (χ0n) is 13.9. The number of nitro benzene ring substituents is 1. The van der Waals surface area contributed by atoms with Crippen LogP contribution in [0.5, 0.6) is 0 Å². The van der Waals surface area contributed by atoms with Crippen LogP contribution >= 0.6 is 45.9 Å². The number of anilines is 1. The molecule has 1 N–H and O–H groups in total. The largest absolute Gasteiger partial charge is 0.465 e. The van der Waals surface area contributed by atoms with Crippen LogP contribution in [-0.2, 0) is 4.74 Å². The number of thiophene rings is 1. The molecule has 2 aromatic heterocycles. The number of amides is 1. The minimum Gasteiger partial charge on any atom is -0.465 e. The average Bonchev–Trinajstić information content (AvgIpc) is 3.25. The first-order valence-corrected chi connectivity index (χ1v) is 9.83. The minimum atomic E-state index is -0.793. The number of carbonyl (C=O) groups excluding carboxylic acids is 2. The van der Waals surface area contributed by atoms with Gasteiger partial charge in [0.2, 0.25) is 0 Å². The zero-order valence-corrected chi connectivity index (χ0v) is 17.0. The second kappa shape index (κ2) is 8.23. The van der Waals surface area contributed by atoms with Crippen molar-refractivity contribution in [2.24, 2.45) is 0 Å². The molecule has 0 unspecified atom stereocenters. The Morgan fingerprint density at radius 2 is 1.93 bits per heavy atom. The summed E-state index contributed by atoms with van der Waals surface area (Å²) in [5, 5.41) is 15.6. The summed E-state index contributed by atoms with van der Waals surface area (Å²) < 4.78 is 5.54. The fraction of sp³-hybridized carbons (Fsp3) is 0.0625. The molecule has 144 valence electrons. The van der Waals surface area contributed by atoms with Crippen molar-refractivity contribution in [1.29, 1.82) is 0 Å². The number of esters is 1. The molecule has 0 saturated carbocycles. The van der Waals surface area contributed by atoms with Crippen molar-refractivity contribution in [1.82, 2.24) is 4.98 Å². The minimum absolute atomic E-state index is 0.0806. The van der Waals surface area contributed by atoms with E-state index in [1.807, 2.05) is 0 Å². The van der Waals surface area contributed by atoms with Gasteiger partial charge >= 0.3 is 5.97 Å². The monoisotopic (exact) mass is 457 g/mol. The molecule has 8 nitrogen and oxygen atoms in total. The summed E-state index contributed by atoms with van der Waals surface area (Å²) in [5.74, 6) is -1.46. The molecule has 0 aliphatic rings. The Kier molecular flexibility index (Phi) is 5.94. The number of nitrogens with one attached hydrogen (secondary N) is 1. The maximum Gasteiger partial charge on any atom is 0.338 e. The molecule has 12 heteroatoms. The molecule has 0 saturated heterocycles. The molecule has 0 atom stereocenters. The molecule has 28 heavy (non-hydrogen) atoms. The van der Waals surface area contributed by atoms with E-state index in [-0.39, 0.29) is 16.3 Å². The van der Waals surface area contributed by atoms with E-state index in [2.05, 4.69) is 15.0 Å². The molecule has 2 heterocycles. The number of non-ortho nitro benzene ring substituents is 1. The topological polar surface area (TPSA) is 111 Å². The number of benzene rings is 1. The summed E-state index contributed by atoms with van der Waals surface area (Å²) >= 11 is 14.4. The summed E-state index contributed by atoms with van der Waals surface area (Å²) in [7, 11) is 1.14. The quantitative estimate of drug-likeness (QED) is 0.323. The van der Waals surface area contributed by atoms with Gasteiger partial charge in [-0.2, -0.15) is 0 Å². The molecule has 3 aromatic rings. The Morgan fingerprint density at radius 1 is 1.21 bits per heavy atom. The lowest BCUT2D eigenvalue weighted by Crippen LogP contribution is -2.13. The van der Waals surface area contributed by atoms with Crippen molar-refractivity contribution in [3.63, 3.8) is 0 Å². The van der Waals surface area contributed by atoms with Crippen LogP contribution in [0.15, 0.2) is 29.6 Å². The first-order chi connectivity index (χ1) is 13.3. The number of hydrogen-bond acceptors (Lipinski definition) is 8. The summed E-state index contributed by atoms with van der Waals surface area (Å²) in [6.45, 7) is 0. The predicted molar refractivity (Wildman–Crippen MR) is 108 cm³/mol. The third-order valence-corrected chi connectivity index (χ3v) is 5.71. The number of nitrogens with zero attached hydrogens (tertiary/aromatic N) is 2. The first-order valence-electron chi connectivity index (χ1n) is 7.38. The smallest absolute Gasteiger partial charge is 0.338 e. The third kappa shape index (κ3) is 4.30. The molecule has 0 fully saturated rings. The van der Waals surface area contributed by atoms with Crippen LogP contribution in [0.3, 0.4) is 0 Å². The van der Waals surface area contributed by atoms with E-state index in [9.17, 15) is 19.7 Å². The fourth-order valence-electron chi connectivity index (χ4n) is 2.22. The maximum absolute atomic E-state index is 12.5. The van der Waals surface area contributed by atoms with Gasteiger partial charge in [0.15, 0.2) is 5.13 Å². The van der Waals surface area contributed by atoms with Crippen molar-refractivity contribution in [3.05, 3.63) is 59.6 Å². The highest BCUT2D eigenvalue weighted by atomic mass is 35.5. The van der Waals surface area contributed by atoms with Gasteiger partial charge in [-0.1, -0.05) is 23.2 Å². The van der Waals surface area contributed by atoms with E-state index >= 15 is 0 Å². The summed E-state index contributed by atoms with van der Waals surface area (Å²) in [5.41, 5.74) is 0.566. The highest BCUT2D eigenvalue weighted by molar-refractivity contribution is 7.20. The SMILES string of the molecule is COC(=O)c1cc(C(=O)Nc2nc(-c3cc(Cl)sc3Cl)cs2)cc([N+](=O)[O-])c1. The Morgan fingerprint density at radius 3 is 2.54 bits per heavy atom. The van der Waals surface area contributed by atoms with E-state index < -0.39 is 22.5 Å². The molecular formula is C16H9Cl2N3O5S2. The molecule has 0 aliphatic heterocycles. The number of ether oxygens (including phenoxy) is 1. The van der Waals surface area contributed by atoms with Gasteiger partial charge < -0.3 is 4.74 Å². The summed E-state index contributed by atoms with van der Waals surface area (Å²) in [4.78, 5) is 38.9. The van der Waals surface area contributed by atoms with Crippen LogP contribution in [0, 0.1) is 10.1 Å². The van der Waals surface area contributed by atoms with Gasteiger partial charge in [0.1, 0.15) is 4.34 Å².